The van der Waals surface area contributed by atoms with Gasteiger partial charge in [-0.2, -0.15) is 0 Å². The number of ether oxygens (including phenoxy) is 1. The minimum Gasteiger partial charge on any atom is -0.392 e. The van der Waals surface area contributed by atoms with Crippen LogP contribution in [0, 0.1) is 34.0 Å². The number of fused-ring (bicyclic) bond motifs is 5. The number of aliphatic hydroxyl groups excluding tert-OH is 2. The lowest BCUT2D eigenvalue weighted by molar-refractivity contribution is -0.188. The Bertz CT molecular complexity index is 844. The van der Waals surface area contributed by atoms with Gasteiger partial charge in [-0.05, 0) is 92.8 Å². The molecule has 5 rings (SSSR count). The second-order valence-electron chi connectivity index (χ2n) is 13.3. The Labute approximate surface area is 194 Å². The second kappa shape index (κ2) is 7.15. The maximum absolute atomic E-state index is 12.2. The summed E-state index contributed by atoms with van der Waals surface area (Å²) in [5, 5.41) is 22.4. The molecular weight excluding hydrogens is 400 g/mol. The molecule has 0 unspecified atom stereocenters. The number of aliphatic hydroxyl groups is 2. The van der Waals surface area contributed by atoms with Gasteiger partial charge in [0.05, 0.1) is 17.8 Å². The Morgan fingerprint density at radius 3 is 2.41 bits per heavy atom. The lowest BCUT2D eigenvalue weighted by Gasteiger charge is -2.67. The lowest BCUT2D eigenvalue weighted by atomic mass is 9.38. The van der Waals surface area contributed by atoms with E-state index in [4.69, 9.17) is 4.74 Å². The summed E-state index contributed by atoms with van der Waals surface area (Å²) in [7, 11) is 0. The van der Waals surface area contributed by atoms with Crippen molar-refractivity contribution in [1.82, 2.24) is 0 Å². The molecule has 180 valence electrons. The van der Waals surface area contributed by atoms with Crippen LogP contribution in [0.5, 0.6) is 0 Å². The van der Waals surface area contributed by atoms with E-state index in [1.165, 1.54) is 11.1 Å². The van der Waals surface area contributed by atoms with E-state index >= 15 is 0 Å². The van der Waals surface area contributed by atoms with Crippen molar-refractivity contribution in [3.63, 3.8) is 0 Å². The summed E-state index contributed by atoms with van der Waals surface area (Å²) in [4.78, 5) is 12.2. The quantitative estimate of drug-likeness (QED) is 0.462. The molecular formula is C28H44O4. The fraction of sp³-hybridized carbons (Fsp3) is 0.893. The van der Waals surface area contributed by atoms with Gasteiger partial charge in [-0.1, -0.05) is 38.8 Å². The third-order valence-electron chi connectivity index (χ3n) is 11.4. The molecule has 0 aromatic heterocycles. The maximum atomic E-state index is 12.2. The summed E-state index contributed by atoms with van der Waals surface area (Å²) in [6, 6.07) is 0. The highest BCUT2D eigenvalue weighted by Gasteiger charge is 2.67. The van der Waals surface area contributed by atoms with Crippen LogP contribution in [-0.4, -0.2) is 39.9 Å². The number of hydrogen-bond acceptors (Lipinski definition) is 4. The van der Waals surface area contributed by atoms with Gasteiger partial charge >= 0.3 is 0 Å². The minimum absolute atomic E-state index is 0.0496. The van der Waals surface area contributed by atoms with Crippen molar-refractivity contribution in [2.45, 2.75) is 123 Å². The van der Waals surface area contributed by atoms with Gasteiger partial charge in [-0.15, -0.1) is 0 Å². The van der Waals surface area contributed by atoms with Gasteiger partial charge in [0.15, 0.2) is 0 Å². The number of carbonyl (C=O) groups excluding carboxylic acids is 1. The van der Waals surface area contributed by atoms with E-state index in [1.54, 1.807) is 0 Å². The van der Waals surface area contributed by atoms with Crippen molar-refractivity contribution < 1.29 is 19.7 Å². The normalized spacial score (nSPS) is 49.2. The molecule has 32 heavy (non-hydrogen) atoms. The van der Waals surface area contributed by atoms with E-state index in [2.05, 4.69) is 27.7 Å². The Hall–Kier alpha value is -0.710. The zero-order chi connectivity index (χ0) is 23.3. The predicted octanol–water partition coefficient (Wildman–Crippen LogP) is 5.20. The predicted molar refractivity (Wildman–Crippen MR) is 125 cm³/mol. The van der Waals surface area contributed by atoms with Crippen molar-refractivity contribution in [3.8, 4) is 0 Å². The van der Waals surface area contributed by atoms with E-state index in [9.17, 15) is 15.0 Å². The molecule has 3 saturated carbocycles. The van der Waals surface area contributed by atoms with Crippen LogP contribution in [0.25, 0.3) is 0 Å². The first kappa shape index (κ1) is 23.1. The molecule has 0 radical (unpaired) electrons. The number of rotatable bonds is 4. The second-order valence-corrected chi connectivity index (χ2v) is 13.3. The smallest absolute Gasteiger partial charge is 0.133 e. The fourth-order valence-electron chi connectivity index (χ4n) is 9.27. The molecule has 4 fully saturated rings. The molecule has 4 nitrogen and oxygen atoms in total. The molecule has 0 amide bonds. The first-order valence-corrected chi connectivity index (χ1v) is 13.1. The standard InChI is InChI=1S/C28H44O4/c1-16(13-22(31)24-25(2,3)32-24)19-9-12-27(5)20(19)15-21(30)23-26(4)10-8-18(29)14-17(26)7-11-28(23,27)6/h16-17,21-24,30-31H,7-15H2,1-6H3/t16-,17+,21+,22+,23+,24+,26+,27+,28+/m0/s1. The van der Waals surface area contributed by atoms with E-state index in [1.807, 2.05) is 13.8 Å². The average Bonchev–Trinajstić information content (AvgIpc) is 3.20. The van der Waals surface area contributed by atoms with Crippen LogP contribution in [0.2, 0.25) is 0 Å². The fourth-order valence-corrected chi connectivity index (χ4v) is 9.27. The summed E-state index contributed by atoms with van der Waals surface area (Å²) in [5.41, 5.74) is 3.03. The molecule has 1 saturated heterocycles. The first-order chi connectivity index (χ1) is 14.8. The summed E-state index contributed by atoms with van der Waals surface area (Å²) in [5.74, 6) is 1.43. The number of epoxide rings is 1. The Morgan fingerprint density at radius 1 is 1.06 bits per heavy atom. The minimum atomic E-state index is -0.425. The van der Waals surface area contributed by atoms with Gasteiger partial charge in [0, 0.05) is 12.8 Å². The molecule has 0 aromatic rings. The van der Waals surface area contributed by atoms with E-state index in [-0.39, 0.29) is 40.0 Å². The summed E-state index contributed by atoms with van der Waals surface area (Å²) >= 11 is 0. The van der Waals surface area contributed by atoms with Crippen LogP contribution >= 0.6 is 0 Å². The van der Waals surface area contributed by atoms with Gasteiger partial charge in [-0.25, -0.2) is 0 Å². The van der Waals surface area contributed by atoms with Gasteiger partial charge < -0.3 is 14.9 Å². The molecule has 0 spiro atoms. The summed E-state index contributed by atoms with van der Waals surface area (Å²) in [6.45, 7) is 13.7. The highest BCUT2D eigenvalue weighted by molar-refractivity contribution is 5.79. The van der Waals surface area contributed by atoms with Crippen molar-refractivity contribution in [3.05, 3.63) is 11.1 Å². The number of carbonyl (C=O) groups is 1. The molecule has 1 aliphatic heterocycles. The highest BCUT2D eigenvalue weighted by atomic mass is 16.6. The van der Waals surface area contributed by atoms with Crippen molar-refractivity contribution in [1.29, 1.82) is 0 Å². The molecule has 1 heterocycles. The first-order valence-electron chi connectivity index (χ1n) is 13.1. The van der Waals surface area contributed by atoms with E-state index in [0.29, 0.717) is 24.0 Å². The molecule has 0 aromatic carbocycles. The van der Waals surface area contributed by atoms with Crippen LogP contribution in [0.3, 0.4) is 0 Å². The molecule has 2 N–H and O–H groups in total. The average molecular weight is 445 g/mol. The maximum Gasteiger partial charge on any atom is 0.133 e. The zero-order valence-corrected chi connectivity index (χ0v) is 21.0. The number of hydrogen-bond donors (Lipinski definition) is 2. The zero-order valence-electron chi connectivity index (χ0n) is 21.0. The van der Waals surface area contributed by atoms with E-state index < -0.39 is 6.10 Å². The Morgan fingerprint density at radius 2 is 1.75 bits per heavy atom. The van der Waals surface area contributed by atoms with Crippen LogP contribution in [0.4, 0.5) is 0 Å². The third kappa shape index (κ3) is 3.08. The number of ketones is 1. The van der Waals surface area contributed by atoms with Crippen molar-refractivity contribution in [2.24, 2.45) is 34.0 Å². The monoisotopic (exact) mass is 444 g/mol. The highest BCUT2D eigenvalue weighted by Crippen LogP contribution is 2.72. The molecule has 9 atom stereocenters. The third-order valence-corrected chi connectivity index (χ3v) is 11.4. The topological polar surface area (TPSA) is 70.1 Å². The van der Waals surface area contributed by atoms with E-state index in [0.717, 1.165) is 51.4 Å². The van der Waals surface area contributed by atoms with Crippen LogP contribution in [-0.2, 0) is 9.53 Å². The molecule has 5 aliphatic rings. The Kier molecular flexibility index (Phi) is 5.15. The molecule has 4 aliphatic carbocycles. The summed E-state index contributed by atoms with van der Waals surface area (Å²) in [6.07, 6.45) is 7.51. The van der Waals surface area contributed by atoms with Crippen molar-refractivity contribution >= 4 is 5.78 Å². The van der Waals surface area contributed by atoms with Gasteiger partial charge in [-0.3, -0.25) is 4.79 Å². The molecule has 0 bridgehead atoms. The van der Waals surface area contributed by atoms with Gasteiger partial charge in [0.25, 0.3) is 0 Å². The number of allylic oxidation sites excluding steroid dienone is 1. The largest absolute Gasteiger partial charge is 0.392 e. The van der Waals surface area contributed by atoms with Crippen LogP contribution in [0.1, 0.15) is 99.3 Å². The SMILES string of the molecule is C[C@@H](C[C@@H](O)[C@H]1OC1(C)C)C1=C2C[C@@H](O)[C@@H]3[C@]4(C)CCC(=O)C[C@H]4CC[C@@]3(C)[C@]2(C)CC1. The van der Waals surface area contributed by atoms with Crippen LogP contribution in [0.15, 0.2) is 11.1 Å². The Balaban J connectivity index is 1.45. The van der Waals surface area contributed by atoms with Gasteiger partial charge in [0.1, 0.15) is 11.9 Å². The van der Waals surface area contributed by atoms with Gasteiger partial charge in [0.2, 0.25) is 0 Å². The lowest BCUT2D eigenvalue weighted by Crippen LogP contribution is -2.63. The summed E-state index contributed by atoms with van der Waals surface area (Å²) < 4.78 is 5.70. The van der Waals surface area contributed by atoms with Crippen LogP contribution < -0.4 is 0 Å². The van der Waals surface area contributed by atoms with Crippen molar-refractivity contribution in [2.75, 3.05) is 0 Å². The number of Topliss-reactive ketones (excluding diaryl/α,β-unsaturated/α-hetero) is 1. The molecule has 4 heteroatoms.